The molecule has 1 N–H and O–H groups in total. The summed E-state index contributed by atoms with van der Waals surface area (Å²) in [5, 5.41) is 11.0. The van der Waals surface area contributed by atoms with Crippen molar-refractivity contribution >= 4 is 11.6 Å². The second-order valence-electron chi connectivity index (χ2n) is 10.3. The van der Waals surface area contributed by atoms with Crippen LogP contribution in [0.5, 0.6) is 0 Å². The quantitative estimate of drug-likeness (QED) is 0.498. The largest absolute Gasteiger partial charge is 0.382 e. The Morgan fingerprint density at radius 2 is 1.59 bits per heavy atom. The molecule has 3 aliphatic rings. The van der Waals surface area contributed by atoms with E-state index in [2.05, 4.69) is 37.4 Å². The molecule has 3 fully saturated rings. The molecule has 2 saturated carbocycles. The molecule has 0 radical (unpaired) electrons. The zero-order valence-corrected chi connectivity index (χ0v) is 18.0. The Balaban J connectivity index is 2.03. The Morgan fingerprint density at radius 1 is 0.963 bits per heavy atom. The van der Waals surface area contributed by atoms with Crippen LogP contribution in [0.1, 0.15) is 73.1 Å². The molecule has 8 atom stereocenters. The summed E-state index contributed by atoms with van der Waals surface area (Å²) in [4.78, 5) is 7.95. The Morgan fingerprint density at radius 3 is 2.15 bits per heavy atom. The molecule has 0 aromatic carbocycles. The summed E-state index contributed by atoms with van der Waals surface area (Å²) in [5.41, 5.74) is -2.25. The van der Waals surface area contributed by atoms with E-state index < -0.39 is 22.8 Å². The summed E-state index contributed by atoms with van der Waals surface area (Å²) in [6.45, 7) is 25.8. The maximum atomic E-state index is 11.0. The van der Waals surface area contributed by atoms with Crippen LogP contribution in [0.15, 0.2) is 0 Å². The summed E-state index contributed by atoms with van der Waals surface area (Å²) in [5.74, 6) is 0.267. The molecule has 3 rings (SSSR count). The highest BCUT2D eigenvalue weighted by molar-refractivity contribution is 6.21. The Kier molecular flexibility index (Phi) is 5.13. The summed E-state index contributed by atoms with van der Waals surface area (Å²) in [6, 6.07) is -0.486. The summed E-state index contributed by atoms with van der Waals surface area (Å²) in [6.07, 6.45) is 4.83. The first-order valence-electron chi connectivity index (χ1n) is 10.2. The molecule has 1 aliphatic heterocycles. The van der Waals surface area contributed by atoms with Gasteiger partial charge in [0.15, 0.2) is 0 Å². The van der Waals surface area contributed by atoms with Crippen LogP contribution >= 0.6 is 11.6 Å². The molecule has 150 valence electrons. The van der Waals surface area contributed by atoms with Crippen molar-refractivity contribution in [3.63, 3.8) is 0 Å². The highest BCUT2D eigenvalue weighted by atomic mass is 35.5. The molecule has 0 bridgehead atoms. The van der Waals surface area contributed by atoms with Gasteiger partial charge in [-0.2, -0.15) is 0 Å². The van der Waals surface area contributed by atoms with Gasteiger partial charge in [0.05, 0.1) is 22.5 Å². The van der Waals surface area contributed by atoms with Gasteiger partial charge in [0, 0.05) is 19.3 Å². The highest BCUT2D eigenvalue weighted by Crippen LogP contribution is 2.58. The van der Waals surface area contributed by atoms with Crippen LogP contribution in [0.4, 0.5) is 0 Å². The average molecular weight is 393 g/mol. The maximum absolute atomic E-state index is 11.0. The van der Waals surface area contributed by atoms with Crippen LogP contribution in [0.25, 0.3) is 9.69 Å². The van der Waals surface area contributed by atoms with E-state index in [1.807, 2.05) is 0 Å². The first-order valence-corrected chi connectivity index (χ1v) is 10.7. The third-order valence-electron chi connectivity index (χ3n) is 7.98. The molecular formula is C22H33ClN2O2. The van der Waals surface area contributed by atoms with Crippen molar-refractivity contribution in [2.24, 2.45) is 17.8 Å². The number of halogens is 1. The van der Waals surface area contributed by atoms with Crippen LogP contribution in [0.3, 0.4) is 0 Å². The fourth-order valence-electron chi connectivity index (χ4n) is 6.29. The van der Waals surface area contributed by atoms with Gasteiger partial charge in [0.2, 0.25) is 5.54 Å². The van der Waals surface area contributed by atoms with E-state index in [-0.39, 0.29) is 28.7 Å². The van der Waals surface area contributed by atoms with E-state index in [9.17, 15) is 5.11 Å². The smallest absolute Gasteiger partial charge is 0.255 e. The van der Waals surface area contributed by atoms with Gasteiger partial charge in [0.1, 0.15) is 5.60 Å². The Hall–Kier alpha value is -0.810. The topological polar surface area (TPSA) is 38.2 Å². The number of fused-ring (bicyclic) bond motifs is 1. The third-order valence-corrected chi connectivity index (χ3v) is 8.72. The van der Waals surface area contributed by atoms with Crippen LogP contribution in [0, 0.1) is 30.9 Å². The number of rotatable bonds is 1. The molecule has 0 spiro atoms. The number of nitrogens with zero attached hydrogens (tertiary/aromatic N) is 2. The predicted molar refractivity (Wildman–Crippen MR) is 107 cm³/mol. The van der Waals surface area contributed by atoms with Gasteiger partial charge >= 0.3 is 0 Å². The van der Waals surface area contributed by atoms with Crippen molar-refractivity contribution < 1.29 is 9.84 Å². The third kappa shape index (κ3) is 3.29. The minimum atomic E-state index is -1.00. The van der Waals surface area contributed by atoms with Gasteiger partial charge in [0.25, 0.3) is 6.04 Å². The van der Waals surface area contributed by atoms with E-state index in [4.69, 9.17) is 29.5 Å². The fourth-order valence-corrected chi connectivity index (χ4v) is 6.44. The van der Waals surface area contributed by atoms with Crippen LogP contribution in [-0.2, 0) is 4.74 Å². The predicted octanol–water partition coefficient (Wildman–Crippen LogP) is 5.09. The lowest BCUT2D eigenvalue weighted by Crippen LogP contribution is -2.64. The minimum absolute atomic E-state index is 0.0215. The van der Waals surface area contributed by atoms with Gasteiger partial charge in [-0.1, -0.05) is 0 Å². The average Bonchev–Trinajstić information content (AvgIpc) is 2.57. The molecule has 1 saturated heterocycles. The number of aliphatic hydroxyl groups is 1. The maximum Gasteiger partial charge on any atom is 0.255 e. The molecule has 0 aromatic heterocycles. The normalized spacial score (nSPS) is 52.3. The van der Waals surface area contributed by atoms with E-state index in [1.165, 1.54) is 0 Å². The number of ether oxygens (including phenoxy) is 1. The standard InChI is InChI=1S/C22H33ClN2O2/c1-19(2)16(23)10-13-22(5,27-19)15-8-11-20(3,25-7)14-9-12-21(4,26)18(24-6)17(14)15/h14-18,26H,8-13H2,1-5H3/t14-,15-,16-,17-,18+,20-,21+,22+/m0/s1. The molecule has 2 aliphatic carbocycles. The van der Waals surface area contributed by atoms with Crippen LogP contribution in [-0.4, -0.2) is 38.9 Å². The van der Waals surface area contributed by atoms with Crippen LogP contribution in [0.2, 0.25) is 0 Å². The SMILES string of the molecule is [C-]#[N+][C@@H]1[C@@H]2[C@@H]([C@@]3(C)CC[C@H](Cl)C(C)(C)O3)CC[C@](C)([N+]#[C-])[C@H]2CC[C@@]1(C)O. The zero-order valence-electron chi connectivity index (χ0n) is 17.3. The van der Waals surface area contributed by atoms with E-state index in [0.29, 0.717) is 6.42 Å². The zero-order chi connectivity index (χ0) is 20.3. The van der Waals surface area contributed by atoms with Crippen molar-refractivity contribution in [2.45, 2.75) is 107 Å². The van der Waals surface area contributed by atoms with Crippen molar-refractivity contribution in [3.05, 3.63) is 22.8 Å². The molecule has 4 nitrogen and oxygen atoms in total. The summed E-state index contributed by atoms with van der Waals surface area (Å²) >= 11 is 6.53. The van der Waals surface area contributed by atoms with Crippen molar-refractivity contribution in [3.8, 4) is 0 Å². The minimum Gasteiger partial charge on any atom is -0.382 e. The van der Waals surface area contributed by atoms with Gasteiger partial charge in [-0.05, 0) is 65.7 Å². The summed E-state index contributed by atoms with van der Waals surface area (Å²) < 4.78 is 6.63. The number of hydrogen-bond acceptors (Lipinski definition) is 2. The fraction of sp³-hybridized carbons (Fsp3) is 0.909. The van der Waals surface area contributed by atoms with Crippen molar-refractivity contribution in [1.82, 2.24) is 0 Å². The van der Waals surface area contributed by atoms with Gasteiger partial charge in [-0.15, -0.1) is 11.6 Å². The first kappa shape index (κ1) is 20.9. The molecule has 0 aromatic rings. The second kappa shape index (κ2) is 6.62. The van der Waals surface area contributed by atoms with Gasteiger partial charge < -0.3 is 19.5 Å². The van der Waals surface area contributed by atoms with E-state index in [0.717, 1.165) is 32.1 Å². The van der Waals surface area contributed by atoms with Crippen molar-refractivity contribution in [2.75, 3.05) is 0 Å². The van der Waals surface area contributed by atoms with Gasteiger partial charge in [-0.25, -0.2) is 13.1 Å². The molecule has 0 unspecified atom stereocenters. The number of hydrogen-bond donors (Lipinski definition) is 1. The lowest BCUT2D eigenvalue weighted by molar-refractivity contribution is -0.217. The highest BCUT2D eigenvalue weighted by Gasteiger charge is 2.66. The van der Waals surface area contributed by atoms with Crippen molar-refractivity contribution in [1.29, 1.82) is 0 Å². The monoisotopic (exact) mass is 392 g/mol. The first-order chi connectivity index (χ1) is 12.4. The molecule has 27 heavy (non-hydrogen) atoms. The van der Waals surface area contributed by atoms with Gasteiger partial charge in [-0.3, -0.25) is 0 Å². The second-order valence-corrected chi connectivity index (χ2v) is 10.8. The molecule has 0 amide bonds. The molecule has 1 heterocycles. The Labute approximate surface area is 169 Å². The Bertz CT molecular complexity index is 679. The lowest BCUT2D eigenvalue weighted by Gasteiger charge is -2.57. The molecular weight excluding hydrogens is 360 g/mol. The van der Waals surface area contributed by atoms with Crippen LogP contribution < -0.4 is 0 Å². The van der Waals surface area contributed by atoms with E-state index >= 15 is 0 Å². The van der Waals surface area contributed by atoms with E-state index in [1.54, 1.807) is 6.92 Å². The lowest BCUT2D eigenvalue weighted by atomic mass is 9.51. The number of alkyl halides is 1. The molecule has 5 heteroatoms. The summed E-state index contributed by atoms with van der Waals surface area (Å²) in [7, 11) is 0.